The van der Waals surface area contributed by atoms with Crippen molar-refractivity contribution in [2.75, 3.05) is 13.3 Å². The van der Waals surface area contributed by atoms with Crippen molar-refractivity contribution in [1.29, 1.82) is 0 Å². The van der Waals surface area contributed by atoms with E-state index in [2.05, 4.69) is 4.74 Å². The molecule has 2 nitrogen and oxygen atoms in total. The van der Waals surface area contributed by atoms with Crippen molar-refractivity contribution in [2.45, 2.75) is 32.5 Å². The highest BCUT2D eigenvalue weighted by Gasteiger charge is 2.32. The molecule has 6 heteroatoms. The van der Waals surface area contributed by atoms with Crippen LogP contribution in [0.25, 0.3) is 0 Å². The minimum absolute atomic E-state index is 0.454. The van der Waals surface area contributed by atoms with Crippen molar-refractivity contribution < 1.29 is 17.7 Å². The summed E-state index contributed by atoms with van der Waals surface area (Å²) in [5.74, 6) is 0. The van der Waals surface area contributed by atoms with Gasteiger partial charge in [0.2, 0.25) is 0 Å². The number of hydrogen-bond donors (Lipinski definition) is 0. The monoisotopic (exact) mass is 293 g/mol. The Morgan fingerprint density at radius 2 is 1.63 bits per heavy atom. The Morgan fingerprint density at radius 3 is 2.05 bits per heavy atom. The molecule has 108 valence electrons. The van der Waals surface area contributed by atoms with Crippen molar-refractivity contribution in [3.8, 4) is 0 Å². The molecule has 0 aromatic heterocycles. The Bertz CT molecular complexity index is 463. The van der Waals surface area contributed by atoms with Crippen molar-refractivity contribution in [3.63, 3.8) is 0 Å². The molecule has 0 N–H and O–H groups in total. The predicted molar refractivity (Wildman–Crippen MR) is 73.1 cm³/mol. The molecule has 0 saturated carbocycles. The topological polar surface area (TPSA) is 21.6 Å². The van der Waals surface area contributed by atoms with Gasteiger partial charge in [-0.05, 0) is 27.4 Å². The van der Waals surface area contributed by atoms with E-state index in [-0.39, 0.29) is 0 Å². The van der Waals surface area contributed by atoms with Crippen LogP contribution in [0.1, 0.15) is 20.8 Å². The van der Waals surface area contributed by atoms with Crippen molar-refractivity contribution >= 4 is 12.6 Å². The number of hydrogen-bond acceptors (Lipinski definition) is 2. The summed E-state index contributed by atoms with van der Waals surface area (Å²) < 4.78 is 46.8. The fourth-order valence-electron chi connectivity index (χ4n) is 1.64. The molecule has 1 aromatic rings. The van der Waals surface area contributed by atoms with Gasteiger partial charge in [-0.1, -0.05) is 30.3 Å². The summed E-state index contributed by atoms with van der Waals surface area (Å²) in [5, 5.41) is 0.717. The molecule has 1 unspecified atom stereocenters. The third-order valence-electron chi connectivity index (χ3n) is 2.21. The van der Waals surface area contributed by atoms with Crippen molar-refractivity contribution in [1.82, 2.24) is 0 Å². The van der Waals surface area contributed by atoms with E-state index in [1.807, 2.05) is 26.8 Å². The molecule has 0 saturated heterocycles. The van der Waals surface area contributed by atoms with Crippen LogP contribution in [-0.4, -0.2) is 25.0 Å². The zero-order valence-corrected chi connectivity index (χ0v) is 12.4. The molecule has 0 amide bonds. The molecule has 1 atom stereocenters. The van der Waals surface area contributed by atoms with Crippen molar-refractivity contribution in [3.05, 3.63) is 30.3 Å². The van der Waals surface area contributed by atoms with Crippen LogP contribution in [0.5, 0.6) is 0 Å². The summed E-state index contributed by atoms with van der Waals surface area (Å²) in [6, 6.07) is 8.90. The van der Waals surface area contributed by atoms with Gasteiger partial charge in [-0.15, -0.1) is 0 Å². The van der Waals surface area contributed by atoms with Crippen molar-refractivity contribution in [2.24, 2.45) is 4.74 Å². The molecular formula is C13H19F3NOP. The van der Waals surface area contributed by atoms with Gasteiger partial charge in [-0.2, -0.15) is 13.2 Å². The van der Waals surface area contributed by atoms with Crippen LogP contribution in [-0.2, 0) is 4.52 Å². The van der Waals surface area contributed by atoms with E-state index in [0.717, 1.165) is 0 Å². The SMILES string of the molecule is CC(C)(C)N=P(C)(OCC(F)(F)F)c1ccccc1. The first-order valence-corrected chi connectivity index (χ1v) is 8.00. The van der Waals surface area contributed by atoms with Gasteiger partial charge in [0.1, 0.15) is 13.9 Å². The fraction of sp³-hybridized carbons (Fsp3) is 0.538. The smallest absolute Gasteiger partial charge is 0.331 e. The Labute approximate surface area is 112 Å². The third kappa shape index (κ3) is 5.79. The Hall–Kier alpha value is -0.800. The number of nitrogens with zero attached hydrogens (tertiary/aromatic N) is 1. The van der Waals surface area contributed by atoms with Gasteiger partial charge in [0.25, 0.3) is 0 Å². The molecule has 0 heterocycles. The largest absolute Gasteiger partial charge is 0.412 e. The van der Waals surface area contributed by atoms with Gasteiger partial charge in [0.05, 0.1) is 5.54 Å². The Morgan fingerprint density at radius 1 is 1.11 bits per heavy atom. The minimum atomic E-state index is -4.34. The maximum Gasteiger partial charge on any atom is 0.412 e. The van der Waals surface area contributed by atoms with Gasteiger partial charge in [0, 0.05) is 5.30 Å². The highest BCUT2D eigenvalue weighted by Crippen LogP contribution is 2.49. The Kier molecular flexibility index (Phi) is 4.86. The molecule has 0 aliphatic heterocycles. The average molecular weight is 293 g/mol. The molecule has 0 aliphatic carbocycles. The second-order valence-corrected chi connectivity index (χ2v) is 8.11. The van der Waals surface area contributed by atoms with Crippen LogP contribution >= 0.6 is 7.28 Å². The summed E-state index contributed by atoms with van der Waals surface area (Å²) >= 11 is 0. The summed E-state index contributed by atoms with van der Waals surface area (Å²) in [7, 11) is -2.63. The van der Waals surface area contributed by atoms with Crippen LogP contribution in [0.2, 0.25) is 0 Å². The molecule has 0 bridgehead atoms. The lowest BCUT2D eigenvalue weighted by molar-refractivity contribution is -0.152. The van der Waals surface area contributed by atoms with Crippen LogP contribution < -0.4 is 5.30 Å². The summed E-state index contributed by atoms with van der Waals surface area (Å²) in [6.45, 7) is 5.95. The fourth-order valence-corrected chi connectivity index (χ4v) is 4.23. The van der Waals surface area contributed by atoms with Gasteiger partial charge in [-0.25, -0.2) is 0 Å². The quantitative estimate of drug-likeness (QED) is 0.755. The highest BCUT2D eigenvalue weighted by atomic mass is 31.2. The second-order valence-electron chi connectivity index (χ2n) is 5.37. The summed E-state index contributed by atoms with van der Waals surface area (Å²) in [5.41, 5.74) is -0.454. The molecule has 0 fully saturated rings. The van der Waals surface area contributed by atoms with Crippen LogP contribution in [0.15, 0.2) is 35.1 Å². The first-order chi connectivity index (χ1) is 8.52. The Balaban J connectivity index is 3.16. The molecule has 1 aromatic carbocycles. The van der Waals surface area contributed by atoms with E-state index in [1.54, 1.807) is 30.9 Å². The minimum Gasteiger partial charge on any atom is -0.331 e. The van der Waals surface area contributed by atoms with E-state index < -0.39 is 25.6 Å². The van der Waals surface area contributed by atoms with Crippen LogP contribution in [0.4, 0.5) is 13.2 Å². The van der Waals surface area contributed by atoms with Gasteiger partial charge < -0.3 is 4.52 Å². The molecule has 0 aliphatic rings. The van der Waals surface area contributed by atoms with Crippen LogP contribution in [0, 0.1) is 0 Å². The van der Waals surface area contributed by atoms with E-state index in [4.69, 9.17) is 4.52 Å². The molecular weight excluding hydrogens is 274 g/mol. The standard InChI is InChI=1S/C13H19F3NOP/c1-12(2,3)17-19(4,18-10-13(14,15)16)11-8-6-5-7-9-11/h5-9H,10H2,1-4H3. The first-order valence-electron chi connectivity index (χ1n) is 5.90. The second kappa shape index (κ2) is 5.68. The van der Waals surface area contributed by atoms with Gasteiger partial charge in [0.15, 0.2) is 0 Å². The maximum absolute atomic E-state index is 12.4. The van der Waals surface area contributed by atoms with Crippen LogP contribution in [0.3, 0.4) is 0 Å². The molecule has 0 spiro atoms. The lowest BCUT2D eigenvalue weighted by atomic mass is 10.1. The molecule has 1 rings (SSSR count). The summed E-state index contributed by atoms with van der Waals surface area (Å²) in [4.78, 5) is 0. The van der Waals surface area contributed by atoms with E-state index in [0.29, 0.717) is 5.30 Å². The van der Waals surface area contributed by atoms with E-state index in [1.165, 1.54) is 0 Å². The number of halogens is 3. The average Bonchev–Trinajstić information content (AvgIpc) is 2.25. The summed E-state index contributed by atoms with van der Waals surface area (Å²) in [6.07, 6.45) is -4.34. The first kappa shape index (κ1) is 16.3. The molecule has 19 heavy (non-hydrogen) atoms. The zero-order valence-electron chi connectivity index (χ0n) is 11.5. The van der Waals surface area contributed by atoms with E-state index in [9.17, 15) is 13.2 Å². The zero-order chi connectivity index (χ0) is 14.7. The maximum atomic E-state index is 12.4. The van der Waals surface area contributed by atoms with E-state index >= 15 is 0 Å². The molecule has 0 radical (unpaired) electrons. The predicted octanol–water partition coefficient (Wildman–Crippen LogP) is 4.44. The number of alkyl halides is 3. The van der Waals surface area contributed by atoms with Gasteiger partial charge >= 0.3 is 6.18 Å². The lowest BCUT2D eigenvalue weighted by Gasteiger charge is -2.26. The van der Waals surface area contributed by atoms with Gasteiger partial charge in [-0.3, -0.25) is 4.74 Å². The third-order valence-corrected chi connectivity index (χ3v) is 5.08. The lowest BCUT2D eigenvalue weighted by Crippen LogP contribution is -2.20. The number of benzene rings is 1. The normalized spacial score (nSPS) is 15.9. The number of rotatable bonds is 3. The highest BCUT2D eigenvalue weighted by molar-refractivity contribution is 7.68.